The fourth-order valence-electron chi connectivity index (χ4n) is 3.11. The van der Waals surface area contributed by atoms with Crippen LogP contribution < -0.4 is 5.32 Å². The Kier molecular flexibility index (Phi) is 3.72. The van der Waals surface area contributed by atoms with E-state index in [1.807, 2.05) is 48.1 Å². The largest absolute Gasteiger partial charge is 0.349 e. The van der Waals surface area contributed by atoms with Crippen LogP contribution in [0.4, 0.5) is 4.39 Å². The van der Waals surface area contributed by atoms with Gasteiger partial charge in [-0.05, 0) is 35.7 Å². The lowest BCUT2D eigenvalue weighted by molar-refractivity contribution is 0.0948. The Morgan fingerprint density at radius 2 is 2.00 bits per heavy atom. The first-order valence-corrected chi connectivity index (χ1v) is 8.08. The number of benzene rings is 2. The topological polar surface area (TPSA) is 51.9 Å². The molecule has 2 heterocycles. The van der Waals surface area contributed by atoms with Gasteiger partial charge in [0.2, 0.25) is 0 Å². The Labute approximate surface area is 143 Å². The van der Waals surface area contributed by atoms with Gasteiger partial charge in [-0.15, -0.1) is 0 Å². The molecule has 2 aromatic carbocycles. The van der Waals surface area contributed by atoms with Crippen molar-refractivity contribution in [2.45, 2.75) is 6.54 Å². The van der Waals surface area contributed by atoms with E-state index in [1.54, 1.807) is 10.7 Å². The molecule has 4 aromatic rings. The number of para-hydroxylation sites is 1. The molecule has 1 amide bonds. The van der Waals surface area contributed by atoms with Crippen LogP contribution in [0, 0.1) is 5.82 Å². The first-order chi connectivity index (χ1) is 12.1. The molecular formula is C19H17FN4O. The molecule has 0 saturated carbocycles. The van der Waals surface area contributed by atoms with E-state index in [2.05, 4.69) is 10.4 Å². The average Bonchev–Trinajstić information content (AvgIpc) is 3.16. The number of carbonyl (C=O) groups is 1. The normalized spacial score (nSPS) is 11.3. The molecule has 0 bridgehead atoms. The van der Waals surface area contributed by atoms with E-state index in [1.165, 1.54) is 12.1 Å². The van der Waals surface area contributed by atoms with Crippen LogP contribution in [0.2, 0.25) is 0 Å². The number of fused-ring (bicyclic) bond motifs is 2. The maximum absolute atomic E-state index is 13.4. The molecule has 25 heavy (non-hydrogen) atoms. The standard InChI is InChI=1S/C19H17FN4O/c1-23-16-5-3-2-4-15(16)18(22-23)19(25)21-9-11-24-10-8-13-6-7-14(20)12-17(13)24/h2-8,10,12H,9,11H2,1H3,(H,21,25). The summed E-state index contributed by atoms with van der Waals surface area (Å²) in [4.78, 5) is 12.5. The first kappa shape index (κ1) is 15.4. The minimum Gasteiger partial charge on any atom is -0.349 e. The van der Waals surface area contributed by atoms with Crippen LogP contribution in [-0.4, -0.2) is 26.8 Å². The fourth-order valence-corrected chi connectivity index (χ4v) is 3.11. The third-order valence-corrected chi connectivity index (χ3v) is 4.35. The zero-order chi connectivity index (χ0) is 17.4. The monoisotopic (exact) mass is 336 g/mol. The van der Waals surface area contributed by atoms with Crippen molar-refractivity contribution in [2.24, 2.45) is 7.05 Å². The Balaban J connectivity index is 1.49. The summed E-state index contributed by atoms with van der Waals surface area (Å²) < 4.78 is 17.0. The van der Waals surface area contributed by atoms with E-state index in [0.29, 0.717) is 18.8 Å². The SMILES string of the molecule is Cn1nc(C(=O)NCCn2ccc3ccc(F)cc32)c2ccccc21. The minimum absolute atomic E-state index is 0.209. The second-order valence-electron chi connectivity index (χ2n) is 5.96. The summed E-state index contributed by atoms with van der Waals surface area (Å²) >= 11 is 0. The van der Waals surface area contributed by atoms with Crippen molar-refractivity contribution in [3.8, 4) is 0 Å². The third-order valence-electron chi connectivity index (χ3n) is 4.35. The lowest BCUT2D eigenvalue weighted by Gasteiger charge is -2.07. The number of hydrogen-bond acceptors (Lipinski definition) is 2. The molecule has 0 aliphatic carbocycles. The maximum atomic E-state index is 13.4. The number of rotatable bonds is 4. The van der Waals surface area contributed by atoms with Crippen molar-refractivity contribution >= 4 is 27.7 Å². The molecular weight excluding hydrogens is 319 g/mol. The summed E-state index contributed by atoms with van der Waals surface area (Å²) in [5.74, 6) is -0.476. The van der Waals surface area contributed by atoms with Gasteiger partial charge in [-0.3, -0.25) is 9.48 Å². The predicted molar refractivity (Wildman–Crippen MR) is 94.9 cm³/mol. The molecule has 5 nitrogen and oxygen atoms in total. The first-order valence-electron chi connectivity index (χ1n) is 8.08. The zero-order valence-corrected chi connectivity index (χ0v) is 13.7. The molecule has 0 radical (unpaired) electrons. The van der Waals surface area contributed by atoms with Crippen molar-refractivity contribution in [3.63, 3.8) is 0 Å². The average molecular weight is 336 g/mol. The molecule has 0 unspecified atom stereocenters. The van der Waals surface area contributed by atoms with E-state index in [-0.39, 0.29) is 11.7 Å². The number of halogens is 1. The molecule has 0 aliphatic heterocycles. The summed E-state index contributed by atoms with van der Waals surface area (Å²) in [5.41, 5.74) is 2.15. The fraction of sp³-hybridized carbons (Fsp3) is 0.158. The second-order valence-corrected chi connectivity index (χ2v) is 5.96. The summed E-state index contributed by atoms with van der Waals surface area (Å²) in [5, 5.41) is 9.01. The van der Waals surface area contributed by atoms with Crippen LogP contribution in [0.1, 0.15) is 10.5 Å². The highest BCUT2D eigenvalue weighted by molar-refractivity contribution is 6.04. The van der Waals surface area contributed by atoms with E-state index in [0.717, 1.165) is 21.8 Å². The number of aromatic nitrogens is 3. The van der Waals surface area contributed by atoms with Crippen molar-refractivity contribution in [3.05, 3.63) is 66.2 Å². The quantitative estimate of drug-likeness (QED) is 0.623. The number of nitrogens with zero attached hydrogens (tertiary/aromatic N) is 3. The third kappa shape index (κ3) is 2.76. The van der Waals surface area contributed by atoms with Crippen LogP contribution in [0.15, 0.2) is 54.7 Å². The van der Waals surface area contributed by atoms with Gasteiger partial charge in [-0.25, -0.2) is 4.39 Å². The Bertz CT molecular complexity index is 1080. The summed E-state index contributed by atoms with van der Waals surface area (Å²) in [6.07, 6.45) is 1.90. The molecule has 0 spiro atoms. The molecule has 0 saturated heterocycles. The molecule has 0 aliphatic rings. The van der Waals surface area contributed by atoms with Crippen LogP contribution in [0.3, 0.4) is 0 Å². The van der Waals surface area contributed by atoms with Crippen LogP contribution >= 0.6 is 0 Å². The predicted octanol–water partition coefficient (Wildman–Crippen LogP) is 3.10. The Morgan fingerprint density at radius 1 is 1.16 bits per heavy atom. The van der Waals surface area contributed by atoms with E-state index in [4.69, 9.17) is 0 Å². The molecule has 126 valence electrons. The smallest absolute Gasteiger partial charge is 0.272 e. The van der Waals surface area contributed by atoms with Gasteiger partial charge < -0.3 is 9.88 Å². The zero-order valence-electron chi connectivity index (χ0n) is 13.7. The van der Waals surface area contributed by atoms with Gasteiger partial charge in [0.1, 0.15) is 5.82 Å². The van der Waals surface area contributed by atoms with Gasteiger partial charge in [0.15, 0.2) is 5.69 Å². The Hall–Kier alpha value is -3.15. The highest BCUT2D eigenvalue weighted by Crippen LogP contribution is 2.18. The van der Waals surface area contributed by atoms with Gasteiger partial charge >= 0.3 is 0 Å². The number of hydrogen-bond donors (Lipinski definition) is 1. The van der Waals surface area contributed by atoms with Crippen LogP contribution in [0.25, 0.3) is 21.8 Å². The maximum Gasteiger partial charge on any atom is 0.272 e. The molecule has 6 heteroatoms. The van der Waals surface area contributed by atoms with Gasteiger partial charge in [0.25, 0.3) is 5.91 Å². The molecule has 0 fully saturated rings. The number of carbonyl (C=O) groups excluding carboxylic acids is 1. The summed E-state index contributed by atoms with van der Waals surface area (Å²) in [6, 6.07) is 14.3. The van der Waals surface area contributed by atoms with Crippen molar-refractivity contribution in [1.29, 1.82) is 0 Å². The van der Waals surface area contributed by atoms with Crippen molar-refractivity contribution in [2.75, 3.05) is 6.54 Å². The Morgan fingerprint density at radius 3 is 2.88 bits per heavy atom. The second kappa shape index (κ2) is 6.05. The van der Waals surface area contributed by atoms with Crippen molar-refractivity contribution < 1.29 is 9.18 Å². The molecule has 0 atom stereocenters. The van der Waals surface area contributed by atoms with Crippen molar-refractivity contribution in [1.82, 2.24) is 19.7 Å². The number of aryl methyl sites for hydroxylation is 1. The van der Waals surface area contributed by atoms with E-state index < -0.39 is 0 Å². The summed E-state index contributed by atoms with van der Waals surface area (Å²) in [6.45, 7) is 0.994. The summed E-state index contributed by atoms with van der Waals surface area (Å²) in [7, 11) is 1.82. The number of nitrogens with one attached hydrogen (secondary N) is 1. The lowest BCUT2D eigenvalue weighted by atomic mass is 10.2. The molecule has 1 N–H and O–H groups in total. The van der Waals surface area contributed by atoms with Gasteiger partial charge in [-0.2, -0.15) is 5.10 Å². The van der Waals surface area contributed by atoms with Gasteiger partial charge in [-0.1, -0.05) is 18.2 Å². The highest BCUT2D eigenvalue weighted by atomic mass is 19.1. The van der Waals surface area contributed by atoms with Gasteiger partial charge in [0, 0.05) is 31.7 Å². The van der Waals surface area contributed by atoms with Crippen LogP contribution in [-0.2, 0) is 13.6 Å². The molecule has 4 rings (SSSR count). The number of amides is 1. The minimum atomic E-state index is -0.267. The van der Waals surface area contributed by atoms with Gasteiger partial charge in [0.05, 0.1) is 11.0 Å². The van der Waals surface area contributed by atoms with E-state index >= 15 is 0 Å². The van der Waals surface area contributed by atoms with Crippen LogP contribution in [0.5, 0.6) is 0 Å². The molecule has 2 aromatic heterocycles. The highest BCUT2D eigenvalue weighted by Gasteiger charge is 2.15. The lowest BCUT2D eigenvalue weighted by Crippen LogP contribution is -2.27. The van der Waals surface area contributed by atoms with E-state index in [9.17, 15) is 9.18 Å².